The molecule has 3 heteroatoms. The highest BCUT2D eigenvalue weighted by Crippen LogP contribution is 2.24. The van der Waals surface area contributed by atoms with Gasteiger partial charge in [-0.1, -0.05) is 33.1 Å². The van der Waals surface area contributed by atoms with E-state index in [0.717, 1.165) is 19.0 Å². The van der Waals surface area contributed by atoms with Crippen LogP contribution < -0.4 is 5.32 Å². The molecule has 1 aliphatic carbocycles. The first-order valence-corrected chi connectivity index (χ1v) is 7.07. The summed E-state index contributed by atoms with van der Waals surface area (Å²) >= 11 is 0. The van der Waals surface area contributed by atoms with E-state index in [1.165, 1.54) is 32.1 Å². The van der Waals surface area contributed by atoms with Gasteiger partial charge in [0, 0.05) is 32.6 Å². The van der Waals surface area contributed by atoms with Crippen LogP contribution in [0.25, 0.3) is 0 Å². The second-order valence-corrected chi connectivity index (χ2v) is 5.64. The average Bonchev–Trinajstić information content (AvgIpc) is 2.29. The minimum Gasteiger partial charge on any atom is -0.345 e. The maximum atomic E-state index is 11.9. The molecule has 1 rings (SSSR count). The van der Waals surface area contributed by atoms with Crippen molar-refractivity contribution in [3.63, 3.8) is 0 Å². The molecule has 1 N–H and O–H groups in total. The predicted octanol–water partition coefficient (Wildman–Crippen LogP) is 2.41. The number of rotatable bonds is 6. The Morgan fingerprint density at radius 3 is 2.53 bits per heavy atom. The van der Waals surface area contributed by atoms with E-state index in [0.29, 0.717) is 12.5 Å². The number of nitrogens with one attached hydrogen (secondary N) is 1. The molecule has 0 bridgehead atoms. The summed E-state index contributed by atoms with van der Waals surface area (Å²) in [6.45, 7) is 5.97. The SMILES string of the molecule is CC(C)NCCC(=O)N(C)CC1CCCCC1. The van der Waals surface area contributed by atoms with Crippen LogP contribution >= 0.6 is 0 Å². The molecule has 0 aliphatic heterocycles. The Hall–Kier alpha value is -0.570. The van der Waals surface area contributed by atoms with E-state index in [4.69, 9.17) is 0 Å². The van der Waals surface area contributed by atoms with Gasteiger partial charge in [0.25, 0.3) is 0 Å². The third-order valence-electron chi connectivity index (χ3n) is 3.57. The molecule has 1 fully saturated rings. The van der Waals surface area contributed by atoms with Crippen LogP contribution in [0.15, 0.2) is 0 Å². The van der Waals surface area contributed by atoms with Crippen molar-refractivity contribution in [1.29, 1.82) is 0 Å². The van der Waals surface area contributed by atoms with Gasteiger partial charge in [-0.2, -0.15) is 0 Å². The van der Waals surface area contributed by atoms with Gasteiger partial charge in [0.15, 0.2) is 0 Å². The fourth-order valence-corrected chi connectivity index (χ4v) is 2.52. The van der Waals surface area contributed by atoms with E-state index < -0.39 is 0 Å². The normalized spacial score (nSPS) is 17.4. The summed E-state index contributed by atoms with van der Waals surface area (Å²) in [5.41, 5.74) is 0. The third kappa shape index (κ3) is 6.06. The zero-order valence-electron chi connectivity index (χ0n) is 11.7. The maximum absolute atomic E-state index is 11.9. The smallest absolute Gasteiger partial charge is 0.223 e. The number of amides is 1. The van der Waals surface area contributed by atoms with Gasteiger partial charge in [-0.25, -0.2) is 0 Å². The molecule has 0 atom stereocenters. The Morgan fingerprint density at radius 1 is 1.29 bits per heavy atom. The fraction of sp³-hybridized carbons (Fsp3) is 0.929. The molecule has 100 valence electrons. The molecule has 0 heterocycles. The molecule has 0 aromatic heterocycles. The van der Waals surface area contributed by atoms with Gasteiger partial charge in [0.1, 0.15) is 0 Å². The number of hydrogen-bond donors (Lipinski definition) is 1. The van der Waals surface area contributed by atoms with Crippen LogP contribution in [0, 0.1) is 5.92 Å². The van der Waals surface area contributed by atoms with E-state index in [-0.39, 0.29) is 5.91 Å². The maximum Gasteiger partial charge on any atom is 0.223 e. The van der Waals surface area contributed by atoms with Gasteiger partial charge in [0.2, 0.25) is 5.91 Å². The number of carbonyl (C=O) groups is 1. The van der Waals surface area contributed by atoms with Crippen molar-refractivity contribution in [3.05, 3.63) is 0 Å². The molecule has 0 radical (unpaired) electrons. The number of carbonyl (C=O) groups excluding carboxylic acids is 1. The van der Waals surface area contributed by atoms with Crippen molar-refractivity contribution < 1.29 is 4.79 Å². The van der Waals surface area contributed by atoms with Crippen LogP contribution in [0.4, 0.5) is 0 Å². The van der Waals surface area contributed by atoms with Gasteiger partial charge in [-0.3, -0.25) is 4.79 Å². The molecule has 0 aromatic rings. The summed E-state index contributed by atoms with van der Waals surface area (Å²) in [6.07, 6.45) is 7.32. The van der Waals surface area contributed by atoms with Crippen LogP contribution in [0.1, 0.15) is 52.4 Å². The Labute approximate surface area is 106 Å². The first kappa shape index (κ1) is 14.5. The highest BCUT2D eigenvalue weighted by Gasteiger charge is 2.17. The zero-order valence-corrected chi connectivity index (χ0v) is 11.7. The minimum absolute atomic E-state index is 0.281. The van der Waals surface area contributed by atoms with Gasteiger partial charge in [0.05, 0.1) is 0 Å². The van der Waals surface area contributed by atoms with Crippen molar-refractivity contribution in [2.24, 2.45) is 5.92 Å². The summed E-state index contributed by atoms with van der Waals surface area (Å²) in [6, 6.07) is 0.464. The molecule has 1 aliphatic rings. The van der Waals surface area contributed by atoms with E-state index >= 15 is 0 Å². The van der Waals surface area contributed by atoms with Crippen LogP contribution in [0.3, 0.4) is 0 Å². The third-order valence-corrected chi connectivity index (χ3v) is 3.57. The molecule has 1 saturated carbocycles. The Morgan fingerprint density at radius 2 is 1.94 bits per heavy atom. The quantitative estimate of drug-likeness (QED) is 0.773. The summed E-state index contributed by atoms with van der Waals surface area (Å²) in [7, 11) is 1.95. The van der Waals surface area contributed by atoms with Crippen LogP contribution in [0.2, 0.25) is 0 Å². The molecule has 17 heavy (non-hydrogen) atoms. The van der Waals surface area contributed by atoms with Gasteiger partial charge in [-0.15, -0.1) is 0 Å². The average molecular weight is 240 g/mol. The van der Waals surface area contributed by atoms with Gasteiger partial charge >= 0.3 is 0 Å². The molecular weight excluding hydrogens is 212 g/mol. The molecule has 0 spiro atoms. The molecule has 0 aromatic carbocycles. The first-order valence-electron chi connectivity index (χ1n) is 7.07. The molecular formula is C14H28N2O. The lowest BCUT2D eigenvalue weighted by Crippen LogP contribution is -2.35. The number of nitrogens with zero attached hydrogens (tertiary/aromatic N) is 1. The van der Waals surface area contributed by atoms with Gasteiger partial charge in [-0.05, 0) is 18.8 Å². The lowest BCUT2D eigenvalue weighted by molar-refractivity contribution is -0.130. The molecule has 0 saturated heterocycles. The Balaban J connectivity index is 2.16. The summed E-state index contributed by atoms with van der Waals surface area (Å²) < 4.78 is 0. The summed E-state index contributed by atoms with van der Waals surface area (Å²) in [5.74, 6) is 1.03. The topological polar surface area (TPSA) is 32.3 Å². The second kappa shape index (κ2) is 7.70. The fourth-order valence-electron chi connectivity index (χ4n) is 2.52. The van der Waals surface area contributed by atoms with Crippen molar-refractivity contribution in [1.82, 2.24) is 10.2 Å². The largest absolute Gasteiger partial charge is 0.345 e. The molecule has 1 amide bonds. The Bertz CT molecular complexity index is 222. The first-order chi connectivity index (χ1) is 8.09. The molecule has 3 nitrogen and oxygen atoms in total. The Kier molecular flexibility index (Phi) is 6.56. The van der Waals surface area contributed by atoms with E-state index in [1.807, 2.05) is 11.9 Å². The van der Waals surface area contributed by atoms with Crippen molar-refractivity contribution in [3.8, 4) is 0 Å². The summed E-state index contributed by atoms with van der Waals surface area (Å²) in [5, 5.41) is 3.29. The second-order valence-electron chi connectivity index (χ2n) is 5.64. The lowest BCUT2D eigenvalue weighted by atomic mass is 9.89. The summed E-state index contributed by atoms with van der Waals surface area (Å²) in [4.78, 5) is 13.8. The van der Waals surface area contributed by atoms with E-state index in [1.54, 1.807) is 0 Å². The van der Waals surface area contributed by atoms with Crippen molar-refractivity contribution >= 4 is 5.91 Å². The standard InChI is InChI=1S/C14H28N2O/c1-12(2)15-10-9-14(17)16(3)11-13-7-5-4-6-8-13/h12-13,15H,4-11H2,1-3H3. The van der Waals surface area contributed by atoms with Crippen molar-refractivity contribution in [2.45, 2.75) is 58.4 Å². The van der Waals surface area contributed by atoms with E-state index in [9.17, 15) is 4.79 Å². The van der Waals surface area contributed by atoms with Crippen LogP contribution in [0.5, 0.6) is 0 Å². The monoisotopic (exact) mass is 240 g/mol. The predicted molar refractivity (Wildman–Crippen MR) is 72.0 cm³/mol. The van der Waals surface area contributed by atoms with Crippen molar-refractivity contribution in [2.75, 3.05) is 20.1 Å². The lowest BCUT2D eigenvalue weighted by Gasteiger charge is -2.27. The molecule has 0 unspecified atom stereocenters. The minimum atomic E-state index is 0.281. The van der Waals surface area contributed by atoms with Crippen LogP contribution in [-0.4, -0.2) is 37.0 Å². The van der Waals surface area contributed by atoms with Gasteiger partial charge < -0.3 is 10.2 Å². The van der Waals surface area contributed by atoms with Crippen LogP contribution in [-0.2, 0) is 4.79 Å². The highest BCUT2D eigenvalue weighted by atomic mass is 16.2. The highest BCUT2D eigenvalue weighted by molar-refractivity contribution is 5.76. The number of hydrogen-bond acceptors (Lipinski definition) is 2. The van der Waals surface area contributed by atoms with E-state index in [2.05, 4.69) is 19.2 Å². The zero-order chi connectivity index (χ0) is 12.7.